The lowest BCUT2D eigenvalue weighted by molar-refractivity contribution is -0.137. The lowest BCUT2D eigenvalue weighted by Gasteiger charge is -2.28. The van der Waals surface area contributed by atoms with Crippen molar-refractivity contribution >= 4 is 32.4 Å². The highest BCUT2D eigenvalue weighted by Gasteiger charge is 2.38. The van der Waals surface area contributed by atoms with Crippen molar-refractivity contribution in [2.75, 3.05) is 4.72 Å². The number of primary amides is 1. The Hall–Kier alpha value is -3.06. The number of aromatic nitrogens is 2. The minimum Gasteiger partial charge on any atom is -0.366 e. The van der Waals surface area contributed by atoms with Gasteiger partial charge in [0, 0.05) is 34.3 Å². The van der Waals surface area contributed by atoms with Crippen LogP contribution in [0.4, 0.5) is 22.7 Å². The topological polar surface area (TPSA) is 115 Å². The van der Waals surface area contributed by atoms with Crippen LogP contribution in [0.15, 0.2) is 36.0 Å². The van der Waals surface area contributed by atoms with Crippen molar-refractivity contribution in [2.45, 2.75) is 43.5 Å². The summed E-state index contributed by atoms with van der Waals surface area (Å²) in [7, 11) is -3.59. The minimum atomic E-state index is -4.67. The van der Waals surface area contributed by atoms with E-state index in [2.05, 4.69) is 14.7 Å². The Morgan fingerprint density at radius 2 is 1.89 bits per heavy atom. The van der Waals surface area contributed by atoms with E-state index in [4.69, 9.17) is 5.73 Å². The van der Waals surface area contributed by atoms with Gasteiger partial charge in [-0.05, 0) is 44.4 Å². The summed E-state index contributed by atoms with van der Waals surface area (Å²) in [5.41, 5.74) is 2.69. The molecule has 0 spiro atoms. The summed E-state index contributed by atoms with van der Waals surface area (Å²) in [5, 5.41) is 1.12. The lowest BCUT2D eigenvalue weighted by Crippen LogP contribution is -2.25. The van der Waals surface area contributed by atoms with Gasteiger partial charge in [0.2, 0.25) is 10.0 Å². The molecular formula is C22H20F4N4O3S2. The van der Waals surface area contributed by atoms with E-state index >= 15 is 4.39 Å². The smallest absolute Gasteiger partial charge is 0.366 e. The highest BCUT2D eigenvalue weighted by Crippen LogP contribution is 2.42. The third-order valence-electron chi connectivity index (χ3n) is 5.75. The van der Waals surface area contributed by atoms with Crippen molar-refractivity contribution in [1.82, 2.24) is 9.97 Å². The Bertz CT molecular complexity index is 1410. The van der Waals surface area contributed by atoms with E-state index in [1.807, 2.05) is 0 Å². The number of pyridine rings is 1. The van der Waals surface area contributed by atoms with E-state index in [1.165, 1.54) is 11.4 Å². The molecule has 1 amide bonds. The first-order valence-corrected chi connectivity index (χ1v) is 12.8. The molecule has 2 aromatic heterocycles. The molecule has 13 heteroatoms. The number of halogens is 4. The van der Waals surface area contributed by atoms with Crippen molar-refractivity contribution in [3.63, 3.8) is 0 Å². The molecule has 4 rings (SSSR count). The zero-order chi connectivity index (χ0) is 25.8. The SMILES string of the molecule is CC(C)(c1csc(NS(=O)(=O)C2CC2)n1)c1c(-c2cncc(C(F)(F)F)c2)ccc(C(N)=O)c1F. The standard InChI is InChI=1S/C22H20F4N4O3S2/c1-21(2,16-10-34-20(29-16)30-35(32,33)13-3-4-13)17-14(5-6-15(18(17)23)19(27)31)11-7-12(9-28-8-11)22(24,25)26/h5-10,13H,3-4H2,1-2H3,(H2,27,31)(H,29,30). The molecule has 7 nitrogen and oxygen atoms in total. The maximum absolute atomic E-state index is 15.7. The van der Waals surface area contributed by atoms with Crippen LogP contribution in [0, 0.1) is 5.82 Å². The van der Waals surface area contributed by atoms with Gasteiger partial charge in [0.15, 0.2) is 5.13 Å². The number of sulfonamides is 1. The van der Waals surface area contributed by atoms with Crippen LogP contribution < -0.4 is 10.5 Å². The number of nitrogens with zero attached hydrogens (tertiary/aromatic N) is 2. The zero-order valence-corrected chi connectivity index (χ0v) is 20.1. The first-order valence-electron chi connectivity index (χ1n) is 10.3. The van der Waals surface area contributed by atoms with Crippen LogP contribution in [-0.2, 0) is 21.6 Å². The molecular weight excluding hydrogens is 508 g/mol. The molecule has 1 aliphatic carbocycles. The average Bonchev–Trinajstić information content (AvgIpc) is 3.53. The second-order valence-corrected chi connectivity index (χ2v) is 11.5. The molecule has 1 aliphatic rings. The van der Waals surface area contributed by atoms with Crippen LogP contribution in [0.5, 0.6) is 0 Å². The molecule has 0 bridgehead atoms. The number of benzene rings is 1. The van der Waals surface area contributed by atoms with Crippen LogP contribution in [-0.4, -0.2) is 29.5 Å². The largest absolute Gasteiger partial charge is 0.417 e. The van der Waals surface area contributed by atoms with Crippen molar-refractivity contribution in [3.8, 4) is 11.1 Å². The Labute approximate surface area is 202 Å². The number of carbonyl (C=O) groups excluding carboxylic acids is 1. The first-order chi connectivity index (χ1) is 16.2. The highest BCUT2D eigenvalue weighted by atomic mass is 32.2. The maximum Gasteiger partial charge on any atom is 0.417 e. The number of hydrogen-bond acceptors (Lipinski definition) is 6. The second kappa shape index (κ2) is 8.55. The molecule has 1 aromatic carbocycles. The van der Waals surface area contributed by atoms with E-state index in [0.29, 0.717) is 19.0 Å². The van der Waals surface area contributed by atoms with Gasteiger partial charge in [-0.15, -0.1) is 11.3 Å². The van der Waals surface area contributed by atoms with Gasteiger partial charge in [-0.1, -0.05) is 6.07 Å². The third kappa shape index (κ3) is 4.87. The van der Waals surface area contributed by atoms with Gasteiger partial charge < -0.3 is 5.73 Å². The lowest BCUT2D eigenvalue weighted by atomic mass is 9.77. The molecule has 0 unspecified atom stereocenters. The van der Waals surface area contributed by atoms with Crippen molar-refractivity contribution in [2.24, 2.45) is 5.73 Å². The summed E-state index contributed by atoms with van der Waals surface area (Å²) in [6, 6.07) is 3.24. The fourth-order valence-corrected chi connectivity index (χ4v) is 6.15. The van der Waals surface area contributed by atoms with Gasteiger partial charge in [-0.2, -0.15) is 13.2 Å². The molecule has 3 N–H and O–H groups in total. The van der Waals surface area contributed by atoms with E-state index in [1.54, 1.807) is 13.8 Å². The molecule has 35 heavy (non-hydrogen) atoms. The summed E-state index contributed by atoms with van der Waals surface area (Å²) in [4.78, 5) is 19.8. The van der Waals surface area contributed by atoms with Gasteiger partial charge in [0.05, 0.1) is 22.1 Å². The van der Waals surface area contributed by atoms with Crippen molar-refractivity contribution in [1.29, 1.82) is 0 Å². The number of anilines is 1. The van der Waals surface area contributed by atoms with E-state index in [9.17, 15) is 26.4 Å². The molecule has 0 radical (unpaired) electrons. The molecule has 2 heterocycles. The predicted octanol–water partition coefficient (Wildman–Crippen LogP) is 4.69. The third-order valence-corrected chi connectivity index (χ3v) is 8.46. The van der Waals surface area contributed by atoms with Gasteiger partial charge in [-0.25, -0.2) is 17.8 Å². The summed E-state index contributed by atoms with van der Waals surface area (Å²) in [6.45, 7) is 3.13. The Kier molecular flexibility index (Phi) is 6.12. The maximum atomic E-state index is 15.7. The molecule has 0 saturated heterocycles. The Balaban J connectivity index is 1.85. The van der Waals surface area contributed by atoms with Crippen LogP contribution in [0.1, 0.15) is 53.9 Å². The number of amides is 1. The zero-order valence-electron chi connectivity index (χ0n) is 18.5. The van der Waals surface area contributed by atoms with Crippen LogP contribution in [0.2, 0.25) is 0 Å². The van der Waals surface area contributed by atoms with Crippen molar-refractivity contribution in [3.05, 3.63) is 64.2 Å². The van der Waals surface area contributed by atoms with Gasteiger partial charge >= 0.3 is 6.18 Å². The summed E-state index contributed by atoms with van der Waals surface area (Å²) < 4.78 is 82.5. The van der Waals surface area contributed by atoms with E-state index in [-0.39, 0.29) is 27.5 Å². The monoisotopic (exact) mass is 528 g/mol. The quantitative estimate of drug-likeness (QED) is 0.432. The minimum absolute atomic E-state index is 0.0253. The highest BCUT2D eigenvalue weighted by molar-refractivity contribution is 7.93. The van der Waals surface area contributed by atoms with E-state index in [0.717, 1.165) is 29.7 Å². The van der Waals surface area contributed by atoms with Crippen molar-refractivity contribution < 1.29 is 30.8 Å². The number of nitrogens with two attached hydrogens (primary N) is 1. The number of hydrogen-bond donors (Lipinski definition) is 2. The Morgan fingerprint density at radius 3 is 2.49 bits per heavy atom. The predicted molar refractivity (Wildman–Crippen MR) is 123 cm³/mol. The molecule has 3 aromatic rings. The first kappa shape index (κ1) is 25.0. The second-order valence-electron chi connectivity index (χ2n) is 8.68. The van der Waals surface area contributed by atoms with E-state index < -0.39 is 49.7 Å². The fraction of sp³-hybridized carbons (Fsp3) is 0.318. The summed E-state index contributed by atoms with van der Waals surface area (Å²) in [5.74, 6) is -2.06. The Morgan fingerprint density at radius 1 is 1.20 bits per heavy atom. The molecule has 186 valence electrons. The van der Waals surface area contributed by atoms with Crippen LogP contribution >= 0.6 is 11.3 Å². The van der Waals surface area contributed by atoms with Crippen LogP contribution in [0.25, 0.3) is 11.1 Å². The number of alkyl halides is 3. The molecule has 0 atom stereocenters. The number of nitrogens with one attached hydrogen (secondary N) is 1. The normalized spacial score (nSPS) is 14.7. The molecule has 0 aliphatic heterocycles. The van der Waals surface area contributed by atoms with Crippen LogP contribution in [0.3, 0.4) is 0 Å². The van der Waals surface area contributed by atoms with Gasteiger partial charge in [0.1, 0.15) is 5.82 Å². The van der Waals surface area contributed by atoms with Gasteiger partial charge in [-0.3, -0.25) is 14.5 Å². The van der Waals surface area contributed by atoms with Gasteiger partial charge in [0.25, 0.3) is 5.91 Å². The molecule has 1 saturated carbocycles. The summed E-state index contributed by atoms with van der Waals surface area (Å²) >= 11 is 0.990. The number of carbonyl (C=O) groups is 1. The number of rotatable bonds is 7. The molecule has 1 fully saturated rings. The average molecular weight is 529 g/mol. The number of thiazole rings is 1. The summed E-state index contributed by atoms with van der Waals surface area (Å²) in [6.07, 6.45) is -1.75. The fourth-order valence-electron chi connectivity index (χ4n) is 3.68.